The van der Waals surface area contributed by atoms with Crippen molar-refractivity contribution in [3.05, 3.63) is 28.8 Å². The zero-order valence-electron chi connectivity index (χ0n) is 13.6. The predicted octanol–water partition coefficient (Wildman–Crippen LogP) is 3.11. The van der Waals surface area contributed by atoms with Gasteiger partial charge in [-0.05, 0) is 37.1 Å². The average Bonchev–Trinajstić information content (AvgIpc) is 2.38. The van der Waals surface area contributed by atoms with Crippen LogP contribution in [0.2, 0.25) is 5.02 Å². The molecule has 1 aromatic carbocycles. The second-order valence-corrected chi connectivity index (χ2v) is 8.73. The van der Waals surface area contributed by atoms with Gasteiger partial charge in [-0.2, -0.15) is 4.31 Å². The van der Waals surface area contributed by atoms with Crippen LogP contribution in [0.4, 0.5) is 0 Å². The maximum Gasteiger partial charge on any atom is 0.244 e. The molecular formula is C15H25ClN2O2S. The summed E-state index contributed by atoms with van der Waals surface area (Å²) in [6.07, 6.45) is 0. The largest absolute Gasteiger partial charge is 0.316 e. The fourth-order valence-electron chi connectivity index (χ4n) is 1.97. The molecule has 1 N–H and O–H groups in total. The number of nitrogens with zero attached hydrogens (tertiary/aromatic N) is 1. The molecule has 0 amide bonds. The zero-order chi connectivity index (χ0) is 16.4. The van der Waals surface area contributed by atoms with E-state index in [1.807, 2.05) is 40.8 Å². The van der Waals surface area contributed by atoms with Crippen molar-refractivity contribution in [3.8, 4) is 0 Å². The van der Waals surface area contributed by atoms with Gasteiger partial charge in [0.15, 0.2) is 0 Å². The number of hydrogen-bond acceptors (Lipinski definition) is 3. The molecule has 0 fully saturated rings. The van der Waals surface area contributed by atoms with Crippen molar-refractivity contribution in [2.45, 2.75) is 45.2 Å². The van der Waals surface area contributed by atoms with Crippen LogP contribution in [0.25, 0.3) is 0 Å². The van der Waals surface area contributed by atoms with Gasteiger partial charge in [0, 0.05) is 19.6 Å². The summed E-state index contributed by atoms with van der Waals surface area (Å²) in [6.45, 7) is 8.55. The minimum atomic E-state index is -3.62. The lowest BCUT2D eigenvalue weighted by Crippen LogP contribution is -2.43. The van der Waals surface area contributed by atoms with Gasteiger partial charge in [-0.15, -0.1) is 0 Å². The van der Waals surface area contributed by atoms with Crippen LogP contribution in [-0.2, 0) is 16.6 Å². The van der Waals surface area contributed by atoms with Crippen molar-refractivity contribution in [2.24, 2.45) is 5.41 Å². The summed E-state index contributed by atoms with van der Waals surface area (Å²) in [5.41, 5.74) is 0.731. The van der Waals surface area contributed by atoms with E-state index in [1.165, 1.54) is 4.31 Å². The molecule has 0 heterocycles. The second-order valence-electron chi connectivity index (χ2n) is 6.36. The van der Waals surface area contributed by atoms with Crippen molar-refractivity contribution in [1.29, 1.82) is 0 Å². The van der Waals surface area contributed by atoms with E-state index < -0.39 is 10.0 Å². The van der Waals surface area contributed by atoms with Crippen molar-refractivity contribution in [3.63, 3.8) is 0 Å². The molecule has 1 rings (SSSR count). The minimum Gasteiger partial charge on any atom is -0.316 e. The number of nitrogens with one attached hydrogen (secondary N) is 1. The monoisotopic (exact) mass is 332 g/mol. The number of benzene rings is 1. The highest BCUT2D eigenvalue weighted by Gasteiger charge is 2.33. The molecule has 0 bridgehead atoms. The molecular weight excluding hydrogens is 308 g/mol. The Morgan fingerprint density at radius 1 is 1.33 bits per heavy atom. The molecule has 6 heteroatoms. The fraction of sp³-hybridized carbons (Fsp3) is 0.600. The van der Waals surface area contributed by atoms with Crippen LogP contribution in [0, 0.1) is 5.41 Å². The normalized spacial score (nSPS) is 14.5. The summed E-state index contributed by atoms with van der Waals surface area (Å²) in [6, 6.07) is 4.95. The summed E-state index contributed by atoms with van der Waals surface area (Å²) < 4.78 is 27.0. The van der Waals surface area contributed by atoms with Gasteiger partial charge >= 0.3 is 0 Å². The Morgan fingerprint density at radius 3 is 2.38 bits per heavy atom. The van der Waals surface area contributed by atoms with Gasteiger partial charge in [0.05, 0.1) is 5.02 Å². The molecule has 1 atom stereocenters. The summed E-state index contributed by atoms with van der Waals surface area (Å²) >= 11 is 6.12. The molecule has 0 saturated carbocycles. The summed E-state index contributed by atoms with van der Waals surface area (Å²) in [5.74, 6) is 0. The summed E-state index contributed by atoms with van der Waals surface area (Å²) in [5, 5.41) is 3.26. The molecule has 21 heavy (non-hydrogen) atoms. The van der Waals surface area contributed by atoms with E-state index in [4.69, 9.17) is 11.6 Å². The Hall–Kier alpha value is -0.620. The average molecular weight is 333 g/mol. The minimum absolute atomic E-state index is 0.147. The lowest BCUT2D eigenvalue weighted by atomic mass is 9.88. The standard InChI is InChI=1S/C15H25ClN2O2S/c1-11(15(2,3)4)18(6)21(19,20)14-9-12(10-17-5)7-8-13(14)16/h7-9,11,17H,10H2,1-6H3. The Kier molecular flexibility index (Phi) is 5.83. The number of hydrogen-bond donors (Lipinski definition) is 1. The Balaban J connectivity index is 3.27. The third kappa shape index (κ3) is 4.19. The maximum atomic E-state index is 12.8. The van der Waals surface area contributed by atoms with E-state index in [1.54, 1.807) is 19.2 Å². The van der Waals surface area contributed by atoms with Crippen LogP contribution in [-0.4, -0.2) is 32.9 Å². The van der Waals surface area contributed by atoms with Crippen molar-refractivity contribution >= 4 is 21.6 Å². The molecule has 0 spiro atoms. The SMILES string of the molecule is CNCc1ccc(Cl)c(S(=O)(=O)N(C)C(C)C(C)(C)C)c1. The lowest BCUT2D eigenvalue weighted by Gasteiger charge is -2.34. The smallest absolute Gasteiger partial charge is 0.244 e. The number of sulfonamides is 1. The maximum absolute atomic E-state index is 12.8. The third-order valence-electron chi connectivity index (χ3n) is 3.83. The van der Waals surface area contributed by atoms with Crippen molar-refractivity contribution < 1.29 is 8.42 Å². The van der Waals surface area contributed by atoms with Gasteiger partial charge in [-0.3, -0.25) is 0 Å². The number of rotatable bonds is 5. The van der Waals surface area contributed by atoms with Crippen LogP contribution in [0.15, 0.2) is 23.1 Å². The second kappa shape index (κ2) is 6.65. The van der Waals surface area contributed by atoms with Gasteiger partial charge in [-0.25, -0.2) is 8.42 Å². The highest BCUT2D eigenvalue weighted by molar-refractivity contribution is 7.89. The molecule has 120 valence electrons. The van der Waals surface area contributed by atoms with E-state index in [2.05, 4.69) is 5.32 Å². The first kappa shape index (κ1) is 18.4. The Morgan fingerprint density at radius 2 is 1.90 bits per heavy atom. The first-order valence-electron chi connectivity index (χ1n) is 6.93. The van der Waals surface area contributed by atoms with E-state index in [9.17, 15) is 8.42 Å². The van der Waals surface area contributed by atoms with Gasteiger partial charge in [0.1, 0.15) is 4.90 Å². The predicted molar refractivity (Wildman–Crippen MR) is 88.1 cm³/mol. The van der Waals surface area contributed by atoms with Crippen molar-refractivity contribution in [2.75, 3.05) is 14.1 Å². The molecule has 4 nitrogen and oxygen atoms in total. The Bertz CT molecular complexity index is 594. The van der Waals surface area contributed by atoms with Crippen LogP contribution in [0.3, 0.4) is 0 Å². The summed E-state index contributed by atoms with van der Waals surface area (Å²) in [7, 11) is -0.200. The van der Waals surface area contributed by atoms with E-state index >= 15 is 0 Å². The third-order valence-corrected chi connectivity index (χ3v) is 6.24. The van der Waals surface area contributed by atoms with Crippen molar-refractivity contribution in [1.82, 2.24) is 9.62 Å². The molecule has 0 aliphatic rings. The topological polar surface area (TPSA) is 49.4 Å². The molecule has 0 saturated heterocycles. The van der Waals surface area contributed by atoms with E-state index in [-0.39, 0.29) is 21.4 Å². The van der Waals surface area contributed by atoms with Crippen LogP contribution >= 0.6 is 11.6 Å². The highest BCUT2D eigenvalue weighted by Crippen LogP contribution is 2.31. The van der Waals surface area contributed by atoms with Crippen LogP contribution < -0.4 is 5.32 Å². The van der Waals surface area contributed by atoms with E-state index in [0.717, 1.165) is 5.56 Å². The molecule has 1 aromatic rings. The molecule has 0 aromatic heterocycles. The molecule has 0 aliphatic heterocycles. The number of halogens is 1. The first-order chi connectivity index (χ1) is 9.51. The lowest BCUT2D eigenvalue weighted by molar-refractivity contribution is 0.216. The first-order valence-corrected chi connectivity index (χ1v) is 8.74. The quantitative estimate of drug-likeness (QED) is 0.901. The fourth-order valence-corrected chi connectivity index (χ4v) is 4.04. The highest BCUT2D eigenvalue weighted by atomic mass is 35.5. The van der Waals surface area contributed by atoms with Crippen LogP contribution in [0.5, 0.6) is 0 Å². The molecule has 1 unspecified atom stereocenters. The van der Waals surface area contributed by atoms with Gasteiger partial charge in [-0.1, -0.05) is 38.4 Å². The van der Waals surface area contributed by atoms with E-state index in [0.29, 0.717) is 6.54 Å². The van der Waals surface area contributed by atoms with Crippen LogP contribution in [0.1, 0.15) is 33.3 Å². The van der Waals surface area contributed by atoms with Gasteiger partial charge in [0.25, 0.3) is 0 Å². The van der Waals surface area contributed by atoms with Gasteiger partial charge in [0.2, 0.25) is 10.0 Å². The zero-order valence-corrected chi connectivity index (χ0v) is 15.1. The summed E-state index contributed by atoms with van der Waals surface area (Å²) in [4.78, 5) is 0.163. The Labute approximate surface area is 133 Å². The molecule has 0 radical (unpaired) electrons. The molecule has 0 aliphatic carbocycles. The van der Waals surface area contributed by atoms with Gasteiger partial charge < -0.3 is 5.32 Å².